The molecule has 1 aromatic rings. The molecule has 6 heteroatoms. The van der Waals surface area contributed by atoms with Crippen LogP contribution >= 0.6 is 11.6 Å². The van der Waals surface area contributed by atoms with E-state index >= 15 is 0 Å². The Morgan fingerprint density at radius 1 is 1.45 bits per heavy atom. The van der Waals surface area contributed by atoms with Crippen LogP contribution in [0.3, 0.4) is 0 Å². The van der Waals surface area contributed by atoms with E-state index in [0.29, 0.717) is 17.3 Å². The highest BCUT2D eigenvalue weighted by atomic mass is 35.5. The molecule has 110 valence electrons. The molecule has 1 atom stereocenters. The van der Waals surface area contributed by atoms with E-state index in [1.54, 1.807) is 26.0 Å². The molecule has 2 amide bonds. The van der Waals surface area contributed by atoms with Gasteiger partial charge in [0, 0.05) is 13.1 Å². The Balaban J connectivity index is 2.74. The van der Waals surface area contributed by atoms with Crippen LogP contribution in [0.5, 0.6) is 0 Å². The van der Waals surface area contributed by atoms with Gasteiger partial charge in [-0.05, 0) is 31.5 Å². The number of hydrogen-bond donors (Lipinski definition) is 2. The molecule has 0 aliphatic heterocycles. The Labute approximate surface area is 123 Å². The predicted octanol–water partition coefficient (Wildman–Crippen LogP) is 3.22. The zero-order chi connectivity index (χ0) is 15.3. The summed E-state index contributed by atoms with van der Waals surface area (Å²) in [5.41, 5.74) is 1.52. The van der Waals surface area contributed by atoms with Crippen LogP contribution in [0, 0.1) is 12.8 Å². The maximum atomic E-state index is 12.1. The van der Waals surface area contributed by atoms with Crippen LogP contribution in [-0.2, 0) is 4.79 Å². The number of aryl methyl sites for hydroxylation is 1. The van der Waals surface area contributed by atoms with Gasteiger partial charge in [-0.2, -0.15) is 0 Å². The Hall–Kier alpha value is -1.75. The van der Waals surface area contributed by atoms with Gasteiger partial charge in [0.25, 0.3) is 0 Å². The summed E-state index contributed by atoms with van der Waals surface area (Å²) in [5, 5.41) is 12.0. The van der Waals surface area contributed by atoms with Gasteiger partial charge in [0.05, 0.1) is 16.6 Å². The maximum absolute atomic E-state index is 12.1. The van der Waals surface area contributed by atoms with E-state index < -0.39 is 11.9 Å². The zero-order valence-electron chi connectivity index (χ0n) is 11.8. The zero-order valence-corrected chi connectivity index (χ0v) is 12.6. The minimum absolute atomic E-state index is 0.154. The van der Waals surface area contributed by atoms with Crippen molar-refractivity contribution in [2.45, 2.75) is 20.8 Å². The smallest absolute Gasteiger partial charge is 0.321 e. The Bertz CT molecular complexity index is 505. The molecule has 0 heterocycles. The molecule has 1 unspecified atom stereocenters. The number of carbonyl (C=O) groups is 2. The second-order valence-electron chi connectivity index (χ2n) is 4.69. The maximum Gasteiger partial charge on any atom is 0.321 e. The van der Waals surface area contributed by atoms with Gasteiger partial charge < -0.3 is 15.3 Å². The summed E-state index contributed by atoms with van der Waals surface area (Å²) < 4.78 is 0. The van der Waals surface area contributed by atoms with Crippen molar-refractivity contribution in [3.8, 4) is 0 Å². The van der Waals surface area contributed by atoms with Crippen LogP contribution < -0.4 is 5.32 Å². The molecular weight excluding hydrogens is 280 g/mol. The van der Waals surface area contributed by atoms with Crippen molar-refractivity contribution in [2.24, 2.45) is 5.92 Å². The fourth-order valence-electron chi connectivity index (χ4n) is 1.68. The number of nitrogens with zero attached hydrogens (tertiary/aromatic N) is 1. The van der Waals surface area contributed by atoms with Crippen LogP contribution in [0.1, 0.15) is 19.4 Å². The highest BCUT2D eigenvalue weighted by Gasteiger charge is 2.19. The molecule has 0 spiro atoms. The number of carboxylic acid groups (broad SMARTS) is 1. The molecule has 2 N–H and O–H groups in total. The number of urea groups is 1. The number of carbonyl (C=O) groups excluding carboxylic acids is 1. The van der Waals surface area contributed by atoms with Crippen LogP contribution in [-0.4, -0.2) is 35.1 Å². The van der Waals surface area contributed by atoms with E-state index in [-0.39, 0.29) is 12.6 Å². The third kappa shape index (κ3) is 4.42. The number of carboxylic acids is 1. The third-order valence-electron chi connectivity index (χ3n) is 2.95. The van der Waals surface area contributed by atoms with E-state index in [0.717, 1.165) is 5.56 Å². The summed E-state index contributed by atoms with van der Waals surface area (Å²) in [6.45, 7) is 5.85. The number of rotatable bonds is 5. The van der Waals surface area contributed by atoms with E-state index in [4.69, 9.17) is 16.7 Å². The second kappa shape index (κ2) is 7.14. The monoisotopic (exact) mass is 298 g/mol. The summed E-state index contributed by atoms with van der Waals surface area (Å²) in [5.74, 6) is -1.54. The lowest BCUT2D eigenvalue weighted by atomic mass is 10.2. The van der Waals surface area contributed by atoms with E-state index in [1.807, 2.05) is 13.0 Å². The Morgan fingerprint density at radius 2 is 2.10 bits per heavy atom. The largest absolute Gasteiger partial charge is 0.481 e. The Kier molecular flexibility index (Phi) is 5.82. The fraction of sp³-hybridized carbons (Fsp3) is 0.429. The van der Waals surface area contributed by atoms with Gasteiger partial charge in [-0.15, -0.1) is 0 Å². The number of halogens is 1. The molecule has 0 saturated heterocycles. The third-order valence-corrected chi connectivity index (χ3v) is 3.26. The van der Waals surface area contributed by atoms with Crippen molar-refractivity contribution in [1.29, 1.82) is 0 Å². The summed E-state index contributed by atoms with van der Waals surface area (Å²) in [7, 11) is 0. The van der Waals surface area contributed by atoms with Crippen molar-refractivity contribution >= 4 is 29.3 Å². The molecule has 0 fully saturated rings. The number of amides is 2. The minimum atomic E-state index is -0.926. The van der Waals surface area contributed by atoms with Gasteiger partial charge in [0.1, 0.15) is 0 Å². The highest BCUT2D eigenvalue weighted by molar-refractivity contribution is 6.33. The van der Waals surface area contributed by atoms with Crippen LogP contribution in [0.4, 0.5) is 10.5 Å². The predicted molar refractivity (Wildman–Crippen MR) is 79.3 cm³/mol. The van der Waals surface area contributed by atoms with Gasteiger partial charge in [0.15, 0.2) is 0 Å². The van der Waals surface area contributed by atoms with Gasteiger partial charge >= 0.3 is 12.0 Å². The van der Waals surface area contributed by atoms with E-state index in [2.05, 4.69) is 5.32 Å². The molecule has 5 nitrogen and oxygen atoms in total. The minimum Gasteiger partial charge on any atom is -0.481 e. The molecule has 1 rings (SSSR count). The average molecular weight is 299 g/mol. The first-order valence-electron chi connectivity index (χ1n) is 6.40. The molecular formula is C14H19ClN2O3. The van der Waals surface area contributed by atoms with Crippen molar-refractivity contribution < 1.29 is 14.7 Å². The lowest BCUT2D eigenvalue weighted by molar-refractivity contribution is -0.141. The normalized spacial score (nSPS) is 11.8. The number of hydrogen-bond acceptors (Lipinski definition) is 2. The first kappa shape index (κ1) is 16.3. The molecule has 0 aliphatic rings. The molecule has 0 bridgehead atoms. The van der Waals surface area contributed by atoms with Gasteiger partial charge in [-0.1, -0.05) is 24.6 Å². The molecule has 0 saturated carbocycles. The first-order valence-corrected chi connectivity index (χ1v) is 6.77. The molecule has 1 aromatic carbocycles. The van der Waals surface area contributed by atoms with Gasteiger partial charge in [-0.25, -0.2) is 4.79 Å². The van der Waals surface area contributed by atoms with Crippen molar-refractivity contribution in [1.82, 2.24) is 4.90 Å². The average Bonchev–Trinajstić information content (AvgIpc) is 2.38. The van der Waals surface area contributed by atoms with E-state index in [9.17, 15) is 9.59 Å². The number of benzene rings is 1. The lowest BCUT2D eigenvalue weighted by Gasteiger charge is -2.23. The topological polar surface area (TPSA) is 69.6 Å². The molecule has 20 heavy (non-hydrogen) atoms. The lowest BCUT2D eigenvalue weighted by Crippen LogP contribution is -2.39. The fourth-order valence-corrected chi connectivity index (χ4v) is 1.96. The standard InChI is InChI=1S/C14H19ClN2O3/c1-4-17(8-10(3)13(18)19)14(20)16-12-6-5-9(2)7-11(12)15/h5-7,10H,4,8H2,1-3H3,(H,16,20)(H,18,19). The van der Waals surface area contributed by atoms with Crippen LogP contribution in [0.2, 0.25) is 5.02 Å². The second-order valence-corrected chi connectivity index (χ2v) is 5.10. The highest BCUT2D eigenvalue weighted by Crippen LogP contribution is 2.23. The number of aliphatic carboxylic acids is 1. The molecule has 0 aromatic heterocycles. The van der Waals surface area contributed by atoms with E-state index in [1.165, 1.54) is 4.90 Å². The molecule has 0 aliphatic carbocycles. The quantitative estimate of drug-likeness (QED) is 0.877. The first-order chi connectivity index (χ1) is 9.35. The SMILES string of the molecule is CCN(CC(C)C(=O)O)C(=O)Nc1ccc(C)cc1Cl. The Morgan fingerprint density at radius 3 is 2.60 bits per heavy atom. The van der Waals surface area contributed by atoms with Gasteiger partial charge in [-0.3, -0.25) is 4.79 Å². The van der Waals surface area contributed by atoms with Crippen molar-refractivity contribution in [2.75, 3.05) is 18.4 Å². The van der Waals surface area contributed by atoms with Crippen LogP contribution in [0.25, 0.3) is 0 Å². The summed E-state index contributed by atoms with van der Waals surface area (Å²) in [6.07, 6.45) is 0. The molecule has 0 radical (unpaired) electrons. The summed E-state index contributed by atoms with van der Waals surface area (Å²) in [4.78, 5) is 24.4. The van der Waals surface area contributed by atoms with Gasteiger partial charge in [0.2, 0.25) is 0 Å². The van der Waals surface area contributed by atoms with Crippen LogP contribution in [0.15, 0.2) is 18.2 Å². The van der Waals surface area contributed by atoms with Crippen molar-refractivity contribution in [3.05, 3.63) is 28.8 Å². The number of nitrogens with one attached hydrogen (secondary N) is 1. The van der Waals surface area contributed by atoms with Crippen molar-refractivity contribution in [3.63, 3.8) is 0 Å². The summed E-state index contributed by atoms with van der Waals surface area (Å²) in [6, 6.07) is 4.97. The number of anilines is 1. The summed E-state index contributed by atoms with van der Waals surface area (Å²) >= 11 is 6.05.